The van der Waals surface area contributed by atoms with E-state index in [9.17, 15) is 4.79 Å². The van der Waals surface area contributed by atoms with Crippen LogP contribution in [0.3, 0.4) is 0 Å². The van der Waals surface area contributed by atoms with Crippen LogP contribution in [0.15, 0.2) is 72.1 Å². The minimum Gasteiger partial charge on any atom is -0.497 e. The van der Waals surface area contributed by atoms with Crippen LogP contribution in [-0.4, -0.2) is 47.5 Å². The highest BCUT2D eigenvalue weighted by Gasteiger charge is 2.35. The Balaban J connectivity index is 1.59. The third-order valence-corrected chi connectivity index (χ3v) is 6.32. The highest BCUT2D eigenvalue weighted by Crippen LogP contribution is 2.39. The molecule has 0 aliphatic carbocycles. The molecule has 1 aliphatic rings. The van der Waals surface area contributed by atoms with Gasteiger partial charge in [0.05, 0.1) is 38.6 Å². The van der Waals surface area contributed by atoms with Crippen LogP contribution in [0.5, 0.6) is 17.4 Å². The molecule has 0 saturated heterocycles. The third-order valence-electron chi connectivity index (χ3n) is 6.32. The van der Waals surface area contributed by atoms with E-state index in [4.69, 9.17) is 19.3 Å². The van der Waals surface area contributed by atoms with Gasteiger partial charge in [-0.1, -0.05) is 0 Å². The summed E-state index contributed by atoms with van der Waals surface area (Å²) in [6, 6.07) is 16.8. The van der Waals surface area contributed by atoms with Gasteiger partial charge in [-0.2, -0.15) is 5.10 Å². The number of rotatable bonds is 6. The van der Waals surface area contributed by atoms with Crippen molar-refractivity contribution in [1.82, 2.24) is 14.6 Å². The Morgan fingerprint density at radius 2 is 1.69 bits per heavy atom. The van der Waals surface area contributed by atoms with Crippen molar-refractivity contribution in [2.24, 2.45) is 12.1 Å². The first-order valence-electron chi connectivity index (χ1n) is 11.2. The average molecular weight is 471 g/mol. The number of carbonyl (C=O) groups excluding carboxylic acids is 1. The Kier molecular flexibility index (Phi) is 5.86. The van der Waals surface area contributed by atoms with Crippen LogP contribution >= 0.6 is 0 Å². The number of benzene rings is 2. The smallest absolute Gasteiger partial charge is 0.276 e. The number of ether oxygens (including phenoxy) is 3. The summed E-state index contributed by atoms with van der Waals surface area (Å²) < 4.78 is 18.0. The fourth-order valence-electron chi connectivity index (χ4n) is 4.45. The summed E-state index contributed by atoms with van der Waals surface area (Å²) in [5.74, 6) is 1.75. The van der Waals surface area contributed by atoms with E-state index in [0.717, 1.165) is 39.2 Å². The van der Waals surface area contributed by atoms with Crippen molar-refractivity contribution >= 4 is 22.5 Å². The summed E-state index contributed by atoms with van der Waals surface area (Å²) in [4.78, 5) is 17.9. The number of hydrazone groups is 1. The molecular formula is C27H26N4O4. The number of hydrogen-bond donors (Lipinski definition) is 0. The van der Waals surface area contributed by atoms with Gasteiger partial charge < -0.3 is 18.8 Å². The van der Waals surface area contributed by atoms with Crippen LogP contribution in [0.2, 0.25) is 0 Å². The molecule has 8 heteroatoms. The lowest BCUT2D eigenvalue weighted by Gasteiger charge is -2.21. The largest absolute Gasteiger partial charge is 0.497 e. The fourth-order valence-corrected chi connectivity index (χ4v) is 4.45. The molecule has 178 valence electrons. The molecule has 8 nitrogen and oxygen atoms in total. The Labute approximate surface area is 203 Å². The topological polar surface area (TPSA) is 78.2 Å². The number of nitrogens with zero attached hydrogens (tertiary/aromatic N) is 4. The van der Waals surface area contributed by atoms with Gasteiger partial charge in [-0.15, -0.1) is 0 Å². The molecule has 0 bridgehead atoms. The molecule has 0 radical (unpaired) electrons. The van der Waals surface area contributed by atoms with Crippen molar-refractivity contribution in [2.45, 2.75) is 12.5 Å². The van der Waals surface area contributed by atoms with Crippen molar-refractivity contribution < 1.29 is 19.0 Å². The zero-order valence-electron chi connectivity index (χ0n) is 20.1. The molecule has 5 rings (SSSR count). The molecule has 1 atom stereocenters. The molecule has 4 aromatic rings. The van der Waals surface area contributed by atoms with Crippen LogP contribution in [0.4, 0.5) is 0 Å². The highest BCUT2D eigenvalue weighted by molar-refractivity contribution is 6.05. The number of amides is 1. The van der Waals surface area contributed by atoms with Crippen molar-refractivity contribution in [2.75, 3.05) is 21.3 Å². The molecule has 0 N–H and O–H groups in total. The molecule has 2 aromatic heterocycles. The van der Waals surface area contributed by atoms with Crippen LogP contribution < -0.4 is 14.2 Å². The van der Waals surface area contributed by atoms with Crippen LogP contribution in [0.25, 0.3) is 10.9 Å². The predicted molar refractivity (Wildman–Crippen MR) is 133 cm³/mol. The van der Waals surface area contributed by atoms with Gasteiger partial charge in [0.15, 0.2) is 0 Å². The van der Waals surface area contributed by atoms with Crippen molar-refractivity contribution in [1.29, 1.82) is 0 Å². The molecule has 0 spiro atoms. The van der Waals surface area contributed by atoms with Gasteiger partial charge in [0.2, 0.25) is 5.88 Å². The molecule has 1 amide bonds. The SMILES string of the molecule is COc1ccc(C2=NN(C(=O)c3ccc(OC)nc3)C(c3cn(C)c4ccc(OC)cc34)C2)cc1. The zero-order valence-corrected chi connectivity index (χ0v) is 20.1. The number of methoxy groups -OCH3 is 3. The monoisotopic (exact) mass is 470 g/mol. The maximum atomic E-state index is 13.7. The van der Waals surface area contributed by atoms with E-state index < -0.39 is 0 Å². The zero-order chi connectivity index (χ0) is 24.5. The van der Waals surface area contributed by atoms with E-state index in [0.29, 0.717) is 17.9 Å². The Morgan fingerprint density at radius 1 is 0.943 bits per heavy atom. The van der Waals surface area contributed by atoms with Crippen LogP contribution in [0, 0.1) is 0 Å². The summed E-state index contributed by atoms with van der Waals surface area (Å²) >= 11 is 0. The van der Waals surface area contributed by atoms with E-state index in [-0.39, 0.29) is 11.9 Å². The van der Waals surface area contributed by atoms with Gasteiger partial charge >= 0.3 is 0 Å². The van der Waals surface area contributed by atoms with Gasteiger partial charge in [0.1, 0.15) is 11.5 Å². The number of carbonyl (C=O) groups is 1. The molecule has 2 aromatic carbocycles. The van der Waals surface area contributed by atoms with Gasteiger partial charge in [-0.3, -0.25) is 4.79 Å². The highest BCUT2D eigenvalue weighted by atomic mass is 16.5. The molecule has 1 aliphatic heterocycles. The molecule has 1 unspecified atom stereocenters. The number of fused-ring (bicyclic) bond motifs is 1. The number of pyridine rings is 1. The summed E-state index contributed by atoms with van der Waals surface area (Å²) in [5.41, 5.74) is 4.26. The minimum absolute atomic E-state index is 0.228. The number of hydrogen-bond acceptors (Lipinski definition) is 6. The first-order chi connectivity index (χ1) is 17.0. The van der Waals surface area contributed by atoms with E-state index >= 15 is 0 Å². The predicted octanol–water partition coefficient (Wildman–Crippen LogP) is 4.59. The third kappa shape index (κ3) is 4.07. The molecule has 0 saturated carbocycles. The second kappa shape index (κ2) is 9.13. The van der Waals surface area contributed by atoms with E-state index in [1.807, 2.05) is 49.5 Å². The van der Waals surface area contributed by atoms with Gasteiger partial charge in [0.25, 0.3) is 5.91 Å². The van der Waals surface area contributed by atoms with Gasteiger partial charge in [0, 0.05) is 48.4 Å². The lowest BCUT2D eigenvalue weighted by Crippen LogP contribution is -2.27. The Morgan fingerprint density at radius 3 is 2.34 bits per heavy atom. The molecular weight excluding hydrogens is 444 g/mol. The first-order valence-corrected chi connectivity index (χ1v) is 11.2. The lowest BCUT2D eigenvalue weighted by atomic mass is 9.97. The standard InChI is InChI=1S/C27H26N4O4/c1-30-16-22(21-13-20(34-3)10-11-24(21)30)25-14-23(17-5-8-19(33-2)9-6-17)29-31(25)27(32)18-7-12-26(35-4)28-15-18/h5-13,15-16,25H,14H2,1-4H3. The molecule has 3 heterocycles. The Bertz CT molecular complexity index is 1410. The maximum Gasteiger partial charge on any atom is 0.276 e. The normalized spacial score (nSPS) is 15.3. The second-order valence-electron chi connectivity index (χ2n) is 8.31. The van der Waals surface area contributed by atoms with E-state index in [2.05, 4.69) is 15.7 Å². The summed E-state index contributed by atoms with van der Waals surface area (Å²) in [5, 5.41) is 7.40. The summed E-state index contributed by atoms with van der Waals surface area (Å²) in [6.07, 6.45) is 4.15. The van der Waals surface area contributed by atoms with E-state index in [1.54, 1.807) is 38.5 Å². The number of aromatic nitrogens is 2. The Hall–Kier alpha value is -4.33. The summed E-state index contributed by atoms with van der Waals surface area (Å²) in [6.45, 7) is 0. The quantitative estimate of drug-likeness (QED) is 0.412. The first kappa shape index (κ1) is 22.5. The molecule has 35 heavy (non-hydrogen) atoms. The maximum absolute atomic E-state index is 13.7. The average Bonchev–Trinajstić information content (AvgIpc) is 3.49. The second-order valence-corrected chi connectivity index (χ2v) is 8.31. The lowest BCUT2D eigenvalue weighted by molar-refractivity contribution is 0.0711. The van der Waals surface area contributed by atoms with Crippen molar-refractivity contribution in [3.05, 3.63) is 83.7 Å². The van der Waals surface area contributed by atoms with Gasteiger partial charge in [-0.25, -0.2) is 9.99 Å². The summed E-state index contributed by atoms with van der Waals surface area (Å²) in [7, 11) is 6.82. The van der Waals surface area contributed by atoms with Crippen LogP contribution in [-0.2, 0) is 7.05 Å². The number of aryl methyl sites for hydroxylation is 1. The van der Waals surface area contributed by atoms with Crippen molar-refractivity contribution in [3.63, 3.8) is 0 Å². The molecule has 0 fully saturated rings. The van der Waals surface area contributed by atoms with Crippen molar-refractivity contribution in [3.8, 4) is 17.4 Å². The van der Waals surface area contributed by atoms with Gasteiger partial charge in [-0.05, 0) is 54.1 Å². The minimum atomic E-state index is -0.294. The van der Waals surface area contributed by atoms with Crippen LogP contribution in [0.1, 0.15) is 33.9 Å². The van der Waals surface area contributed by atoms with E-state index in [1.165, 1.54) is 6.20 Å². The fraction of sp³-hybridized carbons (Fsp3) is 0.222.